The number of aromatic nitrogens is 8. The van der Waals surface area contributed by atoms with Crippen LogP contribution in [0.25, 0.3) is 56.0 Å². The van der Waals surface area contributed by atoms with E-state index in [1.54, 1.807) is 44.1 Å². The number of fused-ring (bicyclic) bond motifs is 2. The Morgan fingerprint density at radius 1 is 1.00 bits per heavy atom. The Morgan fingerprint density at radius 2 is 1.83 bits per heavy atom. The molecule has 0 aliphatic rings. The fourth-order valence-electron chi connectivity index (χ4n) is 4.07. The molecule has 6 aromatic rings. The SMILES string of the molecule is CCC(=O)Nc1cncc(-c2cnc3[nH]nc(-c4nc5c(-c6ccncc6)ccnc5n4N)c3c2)c1. The average molecular weight is 477 g/mol. The molecule has 6 aromatic heterocycles. The van der Waals surface area contributed by atoms with Crippen LogP contribution in [0.2, 0.25) is 0 Å². The number of hydrogen-bond donors (Lipinski definition) is 3. The summed E-state index contributed by atoms with van der Waals surface area (Å²) in [7, 11) is 0. The molecular weight excluding hydrogens is 456 g/mol. The summed E-state index contributed by atoms with van der Waals surface area (Å²) in [6.07, 6.45) is 10.6. The van der Waals surface area contributed by atoms with Gasteiger partial charge in [0, 0.05) is 54.1 Å². The lowest BCUT2D eigenvalue weighted by atomic mass is 10.1. The topological polar surface area (TPSA) is 153 Å². The molecule has 0 aliphatic heterocycles. The van der Waals surface area contributed by atoms with E-state index in [1.165, 1.54) is 4.68 Å². The van der Waals surface area contributed by atoms with Gasteiger partial charge >= 0.3 is 0 Å². The van der Waals surface area contributed by atoms with Crippen LogP contribution in [0.4, 0.5) is 5.69 Å². The summed E-state index contributed by atoms with van der Waals surface area (Å²) in [5.41, 5.74) is 6.40. The van der Waals surface area contributed by atoms with Gasteiger partial charge in [-0.25, -0.2) is 19.6 Å². The van der Waals surface area contributed by atoms with Gasteiger partial charge in [0.25, 0.3) is 0 Å². The zero-order valence-electron chi connectivity index (χ0n) is 19.2. The molecule has 4 N–H and O–H groups in total. The van der Waals surface area contributed by atoms with Crippen molar-refractivity contribution in [3.8, 4) is 33.8 Å². The fraction of sp³-hybridized carbons (Fsp3) is 0.0800. The molecule has 11 nitrogen and oxygen atoms in total. The highest BCUT2D eigenvalue weighted by molar-refractivity contribution is 5.97. The van der Waals surface area contributed by atoms with Gasteiger partial charge in [0.2, 0.25) is 5.91 Å². The molecule has 11 heteroatoms. The van der Waals surface area contributed by atoms with Gasteiger partial charge in [-0.3, -0.25) is 19.9 Å². The standard InChI is InChI=1S/C25H20N10O/c1-2-20(36)31-17-9-15(11-28-13-17)16-10-19-22(33-34-23(19)30-12-16)25-32-21-18(14-3-6-27-7-4-14)5-8-29-24(21)35(25)26/h3-13H,2,26H2,1H3,(H,31,36)(H,30,33,34). The molecule has 0 aromatic carbocycles. The number of hydrogen-bond acceptors (Lipinski definition) is 8. The predicted molar refractivity (Wildman–Crippen MR) is 136 cm³/mol. The molecule has 0 aliphatic carbocycles. The minimum atomic E-state index is -0.0822. The number of H-pyrrole nitrogens is 1. The highest BCUT2D eigenvalue weighted by Gasteiger charge is 2.20. The zero-order chi connectivity index (χ0) is 24.6. The van der Waals surface area contributed by atoms with Gasteiger partial charge < -0.3 is 11.2 Å². The second-order valence-corrected chi connectivity index (χ2v) is 8.13. The highest BCUT2D eigenvalue weighted by Crippen LogP contribution is 2.32. The summed E-state index contributed by atoms with van der Waals surface area (Å²) in [4.78, 5) is 34.0. The molecule has 0 spiro atoms. The summed E-state index contributed by atoms with van der Waals surface area (Å²) in [6, 6.07) is 9.52. The molecule has 36 heavy (non-hydrogen) atoms. The Hall–Kier alpha value is -5.19. The van der Waals surface area contributed by atoms with Crippen LogP contribution in [-0.4, -0.2) is 45.7 Å². The van der Waals surface area contributed by atoms with E-state index in [4.69, 9.17) is 10.8 Å². The van der Waals surface area contributed by atoms with Gasteiger partial charge in [0.1, 0.15) is 11.2 Å². The number of imidazole rings is 1. The largest absolute Gasteiger partial charge is 0.336 e. The lowest BCUT2D eigenvalue weighted by molar-refractivity contribution is -0.115. The summed E-state index contributed by atoms with van der Waals surface area (Å²) < 4.78 is 1.44. The number of carbonyl (C=O) groups is 1. The third-order valence-corrected chi connectivity index (χ3v) is 5.88. The van der Waals surface area contributed by atoms with Crippen LogP contribution in [0.3, 0.4) is 0 Å². The maximum atomic E-state index is 11.8. The lowest BCUT2D eigenvalue weighted by Crippen LogP contribution is -2.10. The summed E-state index contributed by atoms with van der Waals surface area (Å²) in [6.45, 7) is 1.80. The van der Waals surface area contributed by atoms with Crippen LogP contribution in [0.1, 0.15) is 13.3 Å². The first-order valence-electron chi connectivity index (χ1n) is 11.2. The highest BCUT2D eigenvalue weighted by atomic mass is 16.1. The number of amides is 1. The maximum Gasteiger partial charge on any atom is 0.224 e. The number of nitrogen functional groups attached to an aromatic ring is 1. The molecule has 0 radical (unpaired) electrons. The van der Waals surface area contributed by atoms with Gasteiger partial charge in [-0.05, 0) is 35.9 Å². The van der Waals surface area contributed by atoms with Crippen molar-refractivity contribution < 1.29 is 4.79 Å². The normalized spacial score (nSPS) is 11.2. The molecule has 1 amide bonds. The van der Waals surface area contributed by atoms with Gasteiger partial charge in [0.15, 0.2) is 17.1 Å². The van der Waals surface area contributed by atoms with Crippen molar-refractivity contribution in [3.63, 3.8) is 0 Å². The lowest BCUT2D eigenvalue weighted by Gasteiger charge is -2.06. The van der Waals surface area contributed by atoms with Crippen molar-refractivity contribution in [2.45, 2.75) is 13.3 Å². The first kappa shape index (κ1) is 21.4. The van der Waals surface area contributed by atoms with Crippen molar-refractivity contribution >= 4 is 33.8 Å². The van der Waals surface area contributed by atoms with E-state index in [0.29, 0.717) is 40.4 Å². The Morgan fingerprint density at radius 3 is 2.67 bits per heavy atom. The smallest absolute Gasteiger partial charge is 0.224 e. The van der Waals surface area contributed by atoms with E-state index in [1.807, 2.05) is 30.3 Å². The molecule has 0 saturated carbocycles. The molecule has 176 valence electrons. The van der Waals surface area contributed by atoms with E-state index in [9.17, 15) is 4.79 Å². The Bertz CT molecular complexity index is 1740. The van der Waals surface area contributed by atoms with E-state index in [-0.39, 0.29) is 5.91 Å². The van der Waals surface area contributed by atoms with Crippen LogP contribution in [0.5, 0.6) is 0 Å². The number of carbonyl (C=O) groups excluding carboxylic acids is 1. The first-order valence-corrected chi connectivity index (χ1v) is 11.2. The van der Waals surface area contributed by atoms with Gasteiger partial charge in [-0.1, -0.05) is 6.92 Å². The van der Waals surface area contributed by atoms with E-state index < -0.39 is 0 Å². The Kier molecular flexibility index (Phi) is 5.07. The monoisotopic (exact) mass is 476 g/mol. The molecule has 6 rings (SSSR count). The second-order valence-electron chi connectivity index (χ2n) is 8.13. The quantitative estimate of drug-likeness (QED) is 0.319. The van der Waals surface area contributed by atoms with Gasteiger partial charge in [0.05, 0.1) is 17.3 Å². The number of rotatable bonds is 5. The van der Waals surface area contributed by atoms with Crippen LogP contribution in [-0.2, 0) is 4.79 Å². The molecule has 6 heterocycles. The van der Waals surface area contributed by atoms with Gasteiger partial charge in [-0.2, -0.15) is 5.10 Å². The fourth-order valence-corrected chi connectivity index (χ4v) is 4.07. The van der Waals surface area contributed by atoms with Crippen molar-refractivity contribution in [2.24, 2.45) is 0 Å². The predicted octanol–water partition coefficient (Wildman–Crippen LogP) is 3.56. The van der Waals surface area contributed by atoms with Gasteiger partial charge in [-0.15, -0.1) is 0 Å². The third kappa shape index (κ3) is 3.59. The van der Waals surface area contributed by atoms with E-state index in [2.05, 4.69) is 35.5 Å². The number of pyridine rings is 4. The number of anilines is 1. The van der Waals surface area contributed by atoms with E-state index >= 15 is 0 Å². The molecule has 0 bridgehead atoms. The molecule has 0 atom stereocenters. The molecule has 0 saturated heterocycles. The zero-order valence-corrected chi connectivity index (χ0v) is 19.2. The number of nitrogens with zero attached hydrogens (tertiary/aromatic N) is 7. The summed E-state index contributed by atoms with van der Waals surface area (Å²) in [5.74, 6) is 6.82. The first-order chi connectivity index (χ1) is 17.6. The maximum absolute atomic E-state index is 11.8. The van der Waals surface area contributed by atoms with Crippen LogP contribution >= 0.6 is 0 Å². The minimum absolute atomic E-state index is 0.0822. The van der Waals surface area contributed by atoms with Crippen molar-refractivity contribution in [1.29, 1.82) is 0 Å². The molecular formula is C25H20N10O. The third-order valence-electron chi connectivity index (χ3n) is 5.88. The average Bonchev–Trinajstić information content (AvgIpc) is 3.49. The van der Waals surface area contributed by atoms with Crippen molar-refractivity contribution in [2.75, 3.05) is 11.2 Å². The Labute approximate surface area is 204 Å². The minimum Gasteiger partial charge on any atom is -0.336 e. The van der Waals surface area contributed by atoms with Crippen LogP contribution in [0, 0.1) is 0 Å². The molecule has 0 unspecified atom stereocenters. The summed E-state index contributed by atoms with van der Waals surface area (Å²) in [5, 5.41) is 11.0. The molecule has 0 fully saturated rings. The number of nitrogens with two attached hydrogens (primary N) is 1. The van der Waals surface area contributed by atoms with Crippen LogP contribution < -0.4 is 11.2 Å². The number of nitrogens with one attached hydrogen (secondary N) is 2. The number of aromatic amines is 1. The van der Waals surface area contributed by atoms with Crippen molar-refractivity contribution in [1.82, 2.24) is 39.8 Å². The second kappa shape index (κ2) is 8.55. The summed E-state index contributed by atoms with van der Waals surface area (Å²) >= 11 is 0. The van der Waals surface area contributed by atoms with Crippen LogP contribution in [0.15, 0.2) is 67.5 Å². The Balaban J connectivity index is 1.47. The van der Waals surface area contributed by atoms with E-state index in [0.717, 1.165) is 27.6 Å². The van der Waals surface area contributed by atoms with Crippen molar-refractivity contribution in [3.05, 3.63) is 67.5 Å².